The molecular weight excluding hydrogens is 649 g/mol. The molecule has 0 spiro atoms. The molecule has 10 rings (SSSR count). The van der Waals surface area contributed by atoms with E-state index in [0.29, 0.717) is 5.89 Å². The largest absolute Gasteiger partial charge is 0.456 e. The summed E-state index contributed by atoms with van der Waals surface area (Å²) in [6.07, 6.45) is 0. The number of oxazole rings is 1. The Kier molecular flexibility index (Phi) is 7.43. The van der Waals surface area contributed by atoms with Crippen LogP contribution in [0.25, 0.3) is 77.9 Å². The summed E-state index contributed by atoms with van der Waals surface area (Å²) in [6.45, 7) is 0. The molecule has 2 heterocycles. The third-order valence-electron chi connectivity index (χ3n) is 9.91. The number of rotatable bonds is 7. The maximum absolute atomic E-state index is 6.51. The second kappa shape index (κ2) is 12.9. The minimum Gasteiger partial charge on any atom is -0.456 e. The molecule has 8 aromatic carbocycles. The molecule has 0 amide bonds. The van der Waals surface area contributed by atoms with E-state index in [9.17, 15) is 0 Å². The number of nitrogens with zero attached hydrogens (tertiary/aromatic N) is 2. The summed E-state index contributed by atoms with van der Waals surface area (Å²) in [4.78, 5) is 7.09. The number of benzene rings is 8. The highest BCUT2D eigenvalue weighted by Crippen LogP contribution is 2.42. The maximum atomic E-state index is 6.51. The van der Waals surface area contributed by atoms with Gasteiger partial charge in [0, 0.05) is 39.5 Å². The number of anilines is 3. The quantitative estimate of drug-likeness (QED) is 0.168. The minimum absolute atomic E-state index is 0.603. The third kappa shape index (κ3) is 5.63. The highest BCUT2D eigenvalue weighted by Gasteiger charge is 2.19. The Morgan fingerprint density at radius 1 is 0.340 bits per heavy atom. The number of para-hydroxylation sites is 1. The molecule has 0 aliphatic carbocycles. The van der Waals surface area contributed by atoms with Gasteiger partial charge in [-0.1, -0.05) is 121 Å². The van der Waals surface area contributed by atoms with E-state index < -0.39 is 0 Å². The molecule has 0 unspecified atom stereocenters. The average molecular weight is 681 g/mol. The van der Waals surface area contributed by atoms with Crippen molar-refractivity contribution in [2.24, 2.45) is 0 Å². The first-order valence-electron chi connectivity index (χ1n) is 17.8. The van der Waals surface area contributed by atoms with Crippen LogP contribution in [0.2, 0.25) is 0 Å². The monoisotopic (exact) mass is 680 g/mol. The van der Waals surface area contributed by atoms with Crippen LogP contribution in [0.5, 0.6) is 0 Å². The van der Waals surface area contributed by atoms with E-state index >= 15 is 0 Å². The van der Waals surface area contributed by atoms with Crippen LogP contribution in [0.3, 0.4) is 0 Å². The fourth-order valence-electron chi connectivity index (χ4n) is 7.31. The van der Waals surface area contributed by atoms with Crippen molar-refractivity contribution in [2.75, 3.05) is 4.90 Å². The van der Waals surface area contributed by atoms with E-state index in [1.54, 1.807) is 0 Å². The number of aromatic nitrogens is 1. The smallest absolute Gasteiger partial charge is 0.227 e. The average Bonchev–Trinajstić information content (AvgIpc) is 3.82. The Labute approximate surface area is 306 Å². The fraction of sp³-hybridized carbons (Fsp3) is 0. The van der Waals surface area contributed by atoms with Gasteiger partial charge < -0.3 is 13.7 Å². The van der Waals surface area contributed by atoms with E-state index in [4.69, 9.17) is 13.8 Å². The van der Waals surface area contributed by atoms with E-state index in [-0.39, 0.29) is 0 Å². The lowest BCUT2D eigenvalue weighted by molar-refractivity contribution is 0.620. The predicted molar refractivity (Wildman–Crippen MR) is 218 cm³/mol. The molecule has 0 aliphatic rings. The molecule has 53 heavy (non-hydrogen) atoms. The molecule has 0 saturated carbocycles. The van der Waals surface area contributed by atoms with E-state index in [1.807, 2.05) is 42.5 Å². The third-order valence-corrected chi connectivity index (χ3v) is 9.91. The Bertz CT molecular complexity index is 2860. The molecule has 0 fully saturated rings. The Morgan fingerprint density at radius 3 is 1.62 bits per heavy atom. The minimum atomic E-state index is 0.603. The van der Waals surface area contributed by atoms with Gasteiger partial charge in [0.1, 0.15) is 16.7 Å². The fourth-order valence-corrected chi connectivity index (χ4v) is 7.31. The molecule has 4 nitrogen and oxygen atoms in total. The van der Waals surface area contributed by atoms with Crippen molar-refractivity contribution in [1.82, 2.24) is 4.98 Å². The number of furan rings is 1. The molecule has 0 N–H and O–H groups in total. The van der Waals surface area contributed by atoms with Gasteiger partial charge in [0.15, 0.2) is 5.58 Å². The zero-order chi connectivity index (χ0) is 35.1. The van der Waals surface area contributed by atoms with Crippen LogP contribution in [-0.4, -0.2) is 4.98 Å². The Balaban J connectivity index is 1.07. The van der Waals surface area contributed by atoms with Gasteiger partial charge in [-0.25, -0.2) is 4.98 Å². The van der Waals surface area contributed by atoms with Crippen molar-refractivity contribution in [1.29, 1.82) is 0 Å². The number of fused-ring (bicyclic) bond motifs is 4. The van der Waals surface area contributed by atoms with Crippen molar-refractivity contribution in [3.05, 3.63) is 194 Å². The molecule has 10 aromatic rings. The molecule has 0 aliphatic heterocycles. The summed E-state index contributed by atoms with van der Waals surface area (Å²) in [7, 11) is 0. The SMILES string of the molecule is c1ccc(-c2ccc(N(c3ccccc3)c3ccc(-c4ccc5c(c4)oc4cc6nc(-c7ccccc7)oc6cc45)c(-c4ccccc4)c3)cc2)cc1. The summed E-state index contributed by atoms with van der Waals surface area (Å²) in [5, 5.41) is 2.04. The summed E-state index contributed by atoms with van der Waals surface area (Å²) >= 11 is 0. The van der Waals surface area contributed by atoms with Crippen LogP contribution < -0.4 is 4.90 Å². The Morgan fingerprint density at radius 2 is 0.906 bits per heavy atom. The predicted octanol–water partition coefficient (Wildman–Crippen LogP) is 13.9. The lowest BCUT2D eigenvalue weighted by Crippen LogP contribution is -2.10. The Hall–Kier alpha value is -7.17. The van der Waals surface area contributed by atoms with Gasteiger partial charge in [0.05, 0.1) is 0 Å². The summed E-state index contributed by atoms with van der Waals surface area (Å²) < 4.78 is 12.7. The number of hydrogen-bond donors (Lipinski definition) is 0. The zero-order valence-electron chi connectivity index (χ0n) is 28.7. The van der Waals surface area contributed by atoms with E-state index in [0.717, 1.165) is 77.9 Å². The van der Waals surface area contributed by atoms with Crippen LogP contribution >= 0.6 is 0 Å². The first kappa shape index (κ1) is 30.6. The molecular formula is C49H32N2O2. The number of hydrogen-bond acceptors (Lipinski definition) is 4. The molecule has 0 atom stereocenters. The van der Waals surface area contributed by atoms with Crippen molar-refractivity contribution in [2.45, 2.75) is 0 Å². The van der Waals surface area contributed by atoms with Crippen LogP contribution in [0.4, 0.5) is 17.1 Å². The van der Waals surface area contributed by atoms with Crippen molar-refractivity contribution in [3.63, 3.8) is 0 Å². The first-order valence-corrected chi connectivity index (χ1v) is 17.8. The van der Waals surface area contributed by atoms with Crippen molar-refractivity contribution >= 4 is 50.1 Å². The standard InChI is InChI=1S/C49H32N2O2/c1-5-13-33(14-6-1)34-21-24-39(25-22-34)51(38-19-11-4-12-20-38)40-26-28-41(43(30-40)35-15-7-2-8-16-35)37-23-27-42-44-31-48-45(32-47(44)52-46(42)29-37)50-49(53-48)36-17-9-3-10-18-36/h1-32H. The summed E-state index contributed by atoms with van der Waals surface area (Å²) in [6, 6.07) is 67.7. The van der Waals surface area contributed by atoms with Crippen LogP contribution in [0.15, 0.2) is 203 Å². The van der Waals surface area contributed by atoms with E-state index in [1.165, 1.54) is 11.1 Å². The van der Waals surface area contributed by atoms with Gasteiger partial charge in [-0.05, 0) is 100 Å². The normalized spacial score (nSPS) is 11.4. The van der Waals surface area contributed by atoms with Gasteiger partial charge in [-0.3, -0.25) is 0 Å². The van der Waals surface area contributed by atoms with Gasteiger partial charge in [0.25, 0.3) is 0 Å². The zero-order valence-corrected chi connectivity index (χ0v) is 28.7. The molecule has 2 aromatic heterocycles. The maximum Gasteiger partial charge on any atom is 0.227 e. The van der Waals surface area contributed by atoms with E-state index in [2.05, 4.69) is 157 Å². The van der Waals surface area contributed by atoms with Crippen molar-refractivity contribution in [3.8, 4) is 44.8 Å². The molecule has 0 saturated heterocycles. The van der Waals surface area contributed by atoms with Crippen LogP contribution in [0, 0.1) is 0 Å². The van der Waals surface area contributed by atoms with Gasteiger partial charge >= 0.3 is 0 Å². The van der Waals surface area contributed by atoms with Crippen LogP contribution in [0.1, 0.15) is 0 Å². The van der Waals surface area contributed by atoms with Gasteiger partial charge in [-0.2, -0.15) is 0 Å². The molecule has 4 heteroatoms. The topological polar surface area (TPSA) is 42.4 Å². The van der Waals surface area contributed by atoms with Crippen molar-refractivity contribution < 1.29 is 8.83 Å². The molecule has 0 radical (unpaired) electrons. The van der Waals surface area contributed by atoms with Gasteiger partial charge in [-0.15, -0.1) is 0 Å². The first-order chi connectivity index (χ1) is 26.2. The molecule has 0 bridgehead atoms. The lowest BCUT2D eigenvalue weighted by atomic mass is 9.93. The highest BCUT2D eigenvalue weighted by molar-refractivity contribution is 6.10. The highest BCUT2D eigenvalue weighted by atomic mass is 16.4. The summed E-state index contributed by atoms with van der Waals surface area (Å²) in [5.74, 6) is 0.603. The second-order valence-electron chi connectivity index (χ2n) is 13.2. The second-order valence-corrected chi connectivity index (χ2v) is 13.2. The summed E-state index contributed by atoms with van der Waals surface area (Å²) in [5.41, 5.74) is 14.2. The molecule has 250 valence electrons. The lowest BCUT2D eigenvalue weighted by Gasteiger charge is -2.27. The van der Waals surface area contributed by atoms with Gasteiger partial charge in [0.2, 0.25) is 5.89 Å². The van der Waals surface area contributed by atoms with Crippen LogP contribution in [-0.2, 0) is 0 Å².